The van der Waals surface area contributed by atoms with Crippen LogP contribution in [-0.2, 0) is 6.54 Å². The van der Waals surface area contributed by atoms with Crippen molar-refractivity contribution >= 4 is 22.5 Å². The fraction of sp³-hybridized carbons (Fsp3) is 0.136. The highest BCUT2D eigenvalue weighted by Crippen LogP contribution is 2.27. The molecule has 28 heavy (non-hydrogen) atoms. The molecule has 2 aromatic heterocycles. The minimum Gasteiger partial charge on any atom is -0.456 e. The Morgan fingerprint density at radius 1 is 1.32 bits per heavy atom. The maximum Gasteiger partial charge on any atom is 0.253 e. The molecule has 1 amide bonds. The molecule has 0 aliphatic carbocycles. The van der Waals surface area contributed by atoms with E-state index in [0.29, 0.717) is 35.7 Å². The number of hydrogen-bond donors (Lipinski definition) is 1. The molecule has 6 heteroatoms. The van der Waals surface area contributed by atoms with Crippen LogP contribution in [0.1, 0.15) is 23.1 Å². The topological polar surface area (TPSA) is 69.0 Å². The first kappa shape index (κ1) is 17.7. The molecule has 3 heterocycles. The first-order chi connectivity index (χ1) is 13.7. The maximum absolute atomic E-state index is 12.3. The van der Waals surface area contributed by atoms with Gasteiger partial charge in [0.25, 0.3) is 5.91 Å². The summed E-state index contributed by atoms with van der Waals surface area (Å²) in [4.78, 5) is 21.1. The average Bonchev–Trinajstić information content (AvgIpc) is 2.98. The number of benzene rings is 1. The fourth-order valence-electron chi connectivity index (χ4n) is 3.26. The van der Waals surface area contributed by atoms with Crippen molar-refractivity contribution in [3.05, 3.63) is 84.7 Å². The number of para-hydroxylation sites is 1. The summed E-state index contributed by atoms with van der Waals surface area (Å²) in [6.45, 7) is 7.29. The van der Waals surface area contributed by atoms with E-state index in [9.17, 15) is 4.79 Å². The van der Waals surface area contributed by atoms with E-state index < -0.39 is 0 Å². The summed E-state index contributed by atoms with van der Waals surface area (Å²) in [5, 5.41) is 2.92. The second kappa shape index (κ2) is 7.52. The lowest BCUT2D eigenvalue weighted by Gasteiger charge is -2.09. The summed E-state index contributed by atoms with van der Waals surface area (Å²) in [6.07, 6.45) is 8.95. The largest absolute Gasteiger partial charge is 0.456 e. The van der Waals surface area contributed by atoms with Crippen molar-refractivity contribution in [3.8, 4) is 5.75 Å². The molecule has 0 fully saturated rings. The molecule has 1 aliphatic rings. The number of nitrogens with zero attached hydrogens (tertiary/aromatic N) is 3. The average molecular weight is 372 g/mol. The quantitative estimate of drug-likeness (QED) is 0.547. The van der Waals surface area contributed by atoms with Gasteiger partial charge in [0, 0.05) is 24.9 Å². The number of carbonyl (C=O) groups excluding carboxylic acids is 1. The van der Waals surface area contributed by atoms with Crippen LogP contribution in [0.4, 0.5) is 0 Å². The van der Waals surface area contributed by atoms with E-state index >= 15 is 0 Å². The van der Waals surface area contributed by atoms with Gasteiger partial charge >= 0.3 is 0 Å². The highest BCUT2D eigenvalue weighted by Gasteiger charge is 2.21. The highest BCUT2D eigenvalue weighted by atomic mass is 16.5. The number of carbonyl (C=O) groups is 1. The summed E-state index contributed by atoms with van der Waals surface area (Å²) >= 11 is 0. The maximum atomic E-state index is 12.3. The molecule has 6 nitrogen and oxygen atoms in total. The van der Waals surface area contributed by atoms with E-state index in [4.69, 9.17) is 9.72 Å². The SMILES string of the molecule is C=C(/C=C(\C=C/C)Oc1cccnc1)c1nc2cccc3c2n1CCNC3=O. The lowest BCUT2D eigenvalue weighted by Crippen LogP contribution is -2.24. The molecule has 1 aliphatic heterocycles. The number of nitrogens with one attached hydrogen (secondary N) is 1. The normalized spacial score (nSPS) is 14.2. The molecule has 4 rings (SSSR count). The lowest BCUT2D eigenvalue weighted by atomic mass is 10.1. The van der Waals surface area contributed by atoms with Gasteiger partial charge in [0.1, 0.15) is 17.3 Å². The number of amides is 1. The first-order valence-corrected chi connectivity index (χ1v) is 9.06. The predicted molar refractivity (Wildman–Crippen MR) is 109 cm³/mol. The number of ether oxygens (including phenoxy) is 1. The van der Waals surface area contributed by atoms with Gasteiger partial charge in [-0.3, -0.25) is 9.78 Å². The lowest BCUT2D eigenvalue weighted by molar-refractivity contribution is 0.0956. The van der Waals surface area contributed by atoms with Gasteiger partial charge in [0.15, 0.2) is 0 Å². The van der Waals surface area contributed by atoms with Gasteiger partial charge in [-0.1, -0.05) is 18.7 Å². The summed E-state index contributed by atoms with van der Waals surface area (Å²) in [7, 11) is 0. The van der Waals surface area contributed by atoms with Crippen molar-refractivity contribution in [2.24, 2.45) is 0 Å². The Balaban J connectivity index is 1.75. The predicted octanol–water partition coefficient (Wildman–Crippen LogP) is 3.73. The number of rotatable bonds is 5. The van der Waals surface area contributed by atoms with Gasteiger partial charge in [0.05, 0.1) is 22.8 Å². The van der Waals surface area contributed by atoms with Gasteiger partial charge < -0.3 is 14.6 Å². The van der Waals surface area contributed by atoms with E-state index in [-0.39, 0.29) is 5.91 Å². The molecule has 0 radical (unpaired) electrons. The molecule has 140 valence electrons. The van der Waals surface area contributed by atoms with Gasteiger partial charge in [0.2, 0.25) is 0 Å². The number of aromatic nitrogens is 3. The van der Waals surface area contributed by atoms with Gasteiger partial charge in [-0.25, -0.2) is 4.98 Å². The van der Waals surface area contributed by atoms with Crippen molar-refractivity contribution in [1.82, 2.24) is 19.9 Å². The Kier molecular flexibility index (Phi) is 4.76. The van der Waals surface area contributed by atoms with E-state index in [1.54, 1.807) is 12.4 Å². The van der Waals surface area contributed by atoms with E-state index in [1.807, 2.05) is 60.1 Å². The summed E-state index contributed by atoms with van der Waals surface area (Å²) in [5.41, 5.74) is 2.95. The smallest absolute Gasteiger partial charge is 0.253 e. The minimum atomic E-state index is -0.0773. The van der Waals surface area contributed by atoms with Crippen LogP contribution in [0.25, 0.3) is 16.6 Å². The van der Waals surface area contributed by atoms with Crippen LogP contribution in [0.2, 0.25) is 0 Å². The van der Waals surface area contributed by atoms with Crippen LogP contribution in [0.5, 0.6) is 5.75 Å². The third kappa shape index (κ3) is 3.32. The molecule has 0 saturated carbocycles. The molecule has 1 N–H and O–H groups in total. The van der Waals surface area contributed by atoms with Gasteiger partial charge in [-0.15, -0.1) is 0 Å². The zero-order chi connectivity index (χ0) is 19.5. The Hall–Kier alpha value is -3.67. The third-order valence-corrected chi connectivity index (χ3v) is 4.44. The molecule has 0 saturated heterocycles. The third-order valence-electron chi connectivity index (χ3n) is 4.44. The molecule has 3 aromatic rings. The van der Waals surface area contributed by atoms with Gasteiger partial charge in [-0.05, 0) is 43.3 Å². The number of imidazole rings is 1. The Labute approximate surface area is 162 Å². The second-order valence-corrected chi connectivity index (χ2v) is 6.38. The standard InChI is InChI=1S/C22H20N4O2/c1-3-6-16(28-17-7-5-10-23-14-17)13-15(2)21-25-19-9-4-8-18-20(19)26(21)12-11-24-22(18)27/h3-10,13-14H,2,11-12H2,1H3,(H,24,27)/b6-3-,16-13+. The minimum absolute atomic E-state index is 0.0773. The van der Waals surface area contributed by atoms with Crippen molar-refractivity contribution in [1.29, 1.82) is 0 Å². The summed E-state index contributed by atoms with van der Waals surface area (Å²) < 4.78 is 7.96. The van der Waals surface area contributed by atoms with Crippen molar-refractivity contribution < 1.29 is 9.53 Å². The summed E-state index contributed by atoms with van der Waals surface area (Å²) in [6, 6.07) is 9.24. The van der Waals surface area contributed by atoms with Crippen LogP contribution in [0.15, 0.2) is 73.3 Å². The van der Waals surface area contributed by atoms with Gasteiger partial charge in [-0.2, -0.15) is 0 Å². The van der Waals surface area contributed by atoms with Crippen LogP contribution in [0.3, 0.4) is 0 Å². The Morgan fingerprint density at radius 2 is 2.21 bits per heavy atom. The Bertz CT molecular complexity index is 1110. The zero-order valence-corrected chi connectivity index (χ0v) is 15.6. The molecular weight excluding hydrogens is 352 g/mol. The molecule has 0 unspecified atom stereocenters. The van der Waals surface area contributed by atoms with Crippen molar-refractivity contribution in [3.63, 3.8) is 0 Å². The van der Waals surface area contributed by atoms with Crippen molar-refractivity contribution in [2.75, 3.05) is 6.54 Å². The molecule has 0 atom stereocenters. The van der Waals surface area contributed by atoms with E-state index in [1.165, 1.54) is 0 Å². The molecule has 0 spiro atoms. The monoisotopic (exact) mass is 372 g/mol. The van der Waals surface area contributed by atoms with E-state index in [2.05, 4.69) is 16.9 Å². The van der Waals surface area contributed by atoms with Crippen LogP contribution in [-0.4, -0.2) is 27.0 Å². The summed E-state index contributed by atoms with van der Waals surface area (Å²) in [5.74, 6) is 1.91. The zero-order valence-electron chi connectivity index (χ0n) is 15.6. The van der Waals surface area contributed by atoms with E-state index in [0.717, 1.165) is 16.9 Å². The van der Waals surface area contributed by atoms with Crippen molar-refractivity contribution in [2.45, 2.75) is 13.5 Å². The number of allylic oxidation sites excluding steroid dienone is 4. The molecular formula is C22H20N4O2. The second-order valence-electron chi connectivity index (χ2n) is 6.38. The Morgan fingerprint density at radius 3 is 3.00 bits per heavy atom. The van der Waals surface area contributed by atoms with Crippen LogP contribution < -0.4 is 10.1 Å². The van der Waals surface area contributed by atoms with Crippen LogP contribution >= 0.6 is 0 Å². The molecule has 0 bridgehead atoms. The van der Waals surface area contributed by atoms with Crippen LogP contribution in [0, 0.1) is 0 Å². The fourth-order valence-corrected chi connectivity index (χ4v) is 3.26. The number of hydrogen-bond acceptors (Lipinski definition) is 4. The number of pyridine rings is 1. The first-order valence-electron chi connectivity index (χ1n) is 9.06. The molecule has 1 aromatic carbocycles. The highest BCUT2D eigenvalue weighted by molar-refractivity contribution is 6.06.